The molecule has 1 fully saturated rings. The minimum absolute atomic E-state index is 0.0101. The number of benzene rings is 1. The monoisotopic (exact) mass is 311 g/mol. The molecule has 21 heavy (non-hydrogen) atoms. The van der Waals surface area contributed by atoms with Gasteiger partial charge in [-0.25, -0.2) is 13.1 Å². The second-order valence-corrected chi connectivity index (χ2v) is 7.38. The number of anilines is 1. The molecule has 0 aliphatic carbocycles. The summed E-state index contributed by atoms with van der Waals surface area (Å²) in [5.74, 6) is 0. The van der Waals surface area contributed by atoms with Crippen LogP contribution in [0, 0.1) is 0 Å². The molecule has 0 bridgehead atoms. The highest BCUT2D eigenvalue weighted by molar-refractivity contribution is 7.89. The maximum Gasteiger partial charge on any atom is 0.242 e. The molecule has 1 heterocycles. The number of rotatable bonds is 5. The van der Waals surface area contributed by atoms with E-state index in [2.05, 4.69) is 28.9 Å². The van der Waals surface area contributed by atoms with Crippen molar-refractivity contribution in [3.05, 3.63) is 24.3 Å². The zero-order chi connectivity index (χ0) is 15.5. The Bertz CT molecular complexity index is 574. The van der Waals surface area contributed by atoms with Gasteiger partial charge in [-0.15, -0.1) is 0 Å². The van der Waals surface area contributed by atoms with Gasteiger partial charge in [0.1, 0.15) is 4.90 Å². The van der Waals surface area contributed by atoms with Gasteiger partial charge in [0.15, 0.2) is 0 Å². The van der Waals surface area contributed by atoms with Crippen LogP contribution in [0.25, 0.3) is 0 Å². The molecule has 118 valence electrons. The molecule has 1 aliphatic rings. The van der Waals surface area contributed by atoms with Gasteiger partial charge >= 0.3 is 0 Å². The second kappa shape index (κ2) is 6.77. The van der Waals surface area contributed by atoms with Gasteiger partial charge in [0.05, 0.1) is 5.69 Å². The Morgan fingerprint density at radius 2 is 2.05 bits per heavy atom. The summed E-state index contributed by atoms with van der Waals surface area (Å²) in [6.07, 6.45) is 1.70. The number of para-hydroxylation sites is 1. The Balaban J connectivity index is 2.15. The molecular weight excluding hydrogens is 286 g/mol. The van der Waals surface area contributed by atoms with Crippen LogP contribution in [0.15, 0.2) is 29.2 Å². The average Bonchev–Trinajstić information content (AvgIpc) is 2.43. The lowest BCUT2D eigenvalue weighted by atomic mass is 10.0. The molecule has 0 amide bonds. The van der Waals surface area contributed by atoms with Crippen LogP contribution in [0.3, 0.4) is 0 Å². The highest BCUT2D eigenvalue weighted by Crippen LogP contribution is 2.23. The van der Waals surface area contributed by atoms with Crippen molar-refractivity contribution in [3.8, 4) is 0 Å². The van der Waals surface area contributed by atoms with Crippen molar-refractivity contribution in [2.75, 3.05) is 25.5 Å². The summed E-state index contributed by atoms with van der Waals surface area (Å²) in [4.78, 5) is 2.59. The molecule has 0 radical (unpaired) electrons. The summed E-state index contributed by atoms with van der Waals surface area (Å²) in [6, 6.07) is 7.46. The van der Waals surface area contributed by atoms with Crippen molar-refractivity contribution >= 4 is 15.7 Å². The molecule has 5 nitrogen and oxygen atoms in total. The third-order valence-corrected chi connectivity index (χ3v) is 5.65. The first-order chi connectivity index (χ1) is 9.94. The van der Waals surface area contributed by atoms with Crippen LogP contribution in [0.2, 0.25) is 0 Å². The Labute approximate surface area is 127 Å². The molecule has 6 heteroatoms. The molecule has 2 N–H and O–H groups in total. The van der Waals surface area contributed by atoms with Crippen molar-refractivity contribution in [1.29, 1.82) is 0 Å². The summed E-state index contributed by atoms with van der Waals surface area (Å²) in [6.45, 7) is 5.70. The van der Waals surface area contributed by atoms with E-state index in [0.29, 0.717) is 23.2 Å². The minimum Gasteiger partial charge on any atom is -0.384 e. The molecule has 1 aromatic rings. The number of piperidine rings is 1. The Morgan fingerprint density at radius 3 is 2.71 bits per heavy atom. The smallest absolute Gasteiger partial charge is 0.242 e. The number of likely N-dealkylation sites (tertiary alicyclic amines) is 1. The average molecular weight is 311 g/mol. The van der Waals surface area contributed by atoms with E-state index in [1.54, 1.807) is 18.2 Å². The van der Waals surface area contributed by atoms with Crippen LogP contribution in [-0.4, -0.2) is 45.5 Å². The first-order valence-electron chi connectivity index (χ1n) is 7.49. The van der Waals surface area contributed by atoms with Gasteiger partial charge in [0.25, 0.3) is 0 Å². The Hall–Kier alpha value is -1.11. The van der Waals surface area contributed by atoms with Crippen molar-refractivity contribution in [1.82, 2.24) is 9.62 Å². The van der Waals surface area contributed by atoms with Crippen molar-refractivity contribution in [2.45, 2.75) is 43.7 Å². The van der Waals surface area contributed by atoms with Crippen molar-refractivity contribution < 1.29 is 8.42 Å². The van der Waals surface area contributed by atoms with Gasteiger partial charge in [0, 0.05) is 18.6 Å². The number of sulfonamides is 1. The van der Waals surface area contributed by atoms with E-state index in [1.807, 2.05) is 13.0 Å². The zero-order valence-electron chi connectivity index (χ0n) is 13.0. The molecule has 0 aromatic heterocycles. The normalized spacial score (nSPS) is 24.0. The fourth-order valence-corrected chi connectivity index (χ4v) is 4.18. The van der Waals surface area contributed by atoms with Gasteiger partial charge in [-0.2, -0.15) is 0 Å². The van der Waals surface area contributed by atoms with Gasteiger partial charge in [-0.05, 0) is 52.4 Å². The molecule has 1 saturated heterocycles. The highest BCUT2D eigenvalue weighted by atomic mass is 32.2. The first-order valence-corrected chi connectivity index (χ1v) is 8.98. The third kappa shape index (κ3) is 3.96. The standard InChI is InChI=1S/C15H25N3O2S/c1-4-16-14-7-5-6-8-15(14)21(19,20)17-13-9-10-18(3)12(2)11-13/h5-8,12-13,16-17H,4,9-11H2,1-3H3. The summed E-state index contributed by atoms with van der Waals surface area (Å²) >= 11 is 0. The largest absolute Gasteiger partial charge is 0.384 e. The molecule has 2 rings (SSSR count). The summed E-state index contributed by atoms with van der Waals surface area (Å²) < 4.78 is 28.1. The van der Waals surface area contributed by atoms with Gasteiger partial charge in [-0.3, -0.25) is 0 Å². The summed E-state index contributed by atoms with van der Waals surface area (Å²) in [5, 5.41) is 3.11. The van der Waals surface area contributed by atoms with Crippen LogP contribution in [0.5, 0.6) is 0 Å². The predicted octanol–water partition coefficient (Wildman–Crippen LogP) is 1.88. The van der Waals surface area contributed by atoms with Gasteiger partial charge in [0.2, 0.25) is 10.0 Å². The van der Waals surface area contributed by atoms with Gasteiger partial charge < -0.3 is 10.2 Å². The topological polar surface area (TPSA) is 61.4 Å². The van der Waals surface area contributed by atoms with Gasteiger partial charge in [-0.1, -0.05) is 12.1 Å². The SMILES string of the molecule is CCNc1ccccc1S(=O)(=O)NC1CCN(C)C(C)C1. The summed E-state index contributed by atoms with van der Waals surface area (Å²) in [7, 11) is -1.41. The Morgan fingerprint density at radius 1 is 1.33 bits per heavy atom. The first kappa shape index (κ1) is 16.3. The van der Waals surface area contributed by atoms with E-state index in [1.165, 1.54) is 0 Å². The molecule has 0 spiro atoms. The van der Waals surface area contributed by atoms with Crippen molar-refractivity contribution in [3.63, 3.8) is 0 Å². The van der Waals surface area contributed by atoms with E-state index in [0.717, 1.165) is 19.4 Å². The molecule has 2 atom stereocenters. The number of nitrogens with zero attached hydrogens (tertiary/aromatic N) is 1. The molecule has 1 aliphatic heterocycles. The fraction of sp³-hybridized carbons (Fsp3) is 0.600. The zero-order valence-corrected chi connectivity index (χ0v) is 13.8. The molecule has 2 unspecified atom stereocenters. The molecule has 0 saturated carbocycles. The van der Waals surface area contributed by atoms with Crippen LogP contribution in [-0.2, 0) is 10.0 Å². The van der Waals surface area contributed by atoms with Crippen LogP contribution in [0.1, 0.15) is 26.7 Å². The maximum absolute atomic E-state index is 12.6. The quantitative estimate of drug-likeness (QED) is 0.871. The lowest BCUT2D eigenvalue weighted by Crippen LogP contribution is -2.47. The number of hydrogen-bond donors (Lipinski definition) is 2. The summed E-state index contributed by atoms with van der Waals surface area (Å²) in [5.41, 5.74) is 0.661. The van der Waals surface area contributed by atoms with Crippen LogP contribution < -0.4 is 10.0 Å². The minimum atomic E-state index is -3.48. The highest BCUT2D eigenvalue weighted by Gasteiger charge is 2.28. The lowest BCUT2D eigenvalue weighted by molar-refractivity contribution is 0.178. The number of hydrogen-bond acceptors (Lipinski definition) is 4. The third-order valence-electron chi connectivity index (χ3n) is 4.07. The fourth-order valence-electron chi connectivity index (χ4n) is 2.72. The van der Waals surface area contributed by atoms with E-state index >= 15 is 0 Å². The number of nitrogens with one attached hydrogen (secondary N) is 2. The molecule has 1 aromatic carbocycles. The van der Waals surface area contributed by atoms with Crippen molar-refractivity contribution in [2.24, 2.45) is 0 Å². The van der Waals surface area contributed by atoms with Crippen LogP contribution >= 0.6 is 0 Å². The maximum atomic E-state index is 12.6. The van der Waals surface area contributed by atoms with E-state index < -0.39 is 10.0 Å². The lowest BCUT2D eigenvalue weighted by Gasteiger charge is -2.35. The second-order valence-electron chi connectivity index (χ2n) is 5.70. The van der Waals surface area contributed by atoms with E-state index in [9.17, 15) is 8.42 Å². The van der Waals surface area contributed by atoms with Crippen LogP contribution in [0.4, 0.5) is 5.69 Å². The Kier molecular flexibility index (Phi) is 5.24. The molecular formula is C15H25N3O2S. The predicted molar refractivity (Wildman–Crippen MR) is 86.0 cm³/mol. The van der Waals surface area contributed by atoms with E-state index in [-0.39, 0.29) is 6.04 Å². The van der Waals surface area contributed by atoms with E-state index in [4.69, 9.17) is 0 Å².